The summed E-state index contributed by atoms with van der Waals surface area (Å²) >= 11 is 0. The highest BCUT2D eigenvalue weighted by atomic mass is 16.5. The highest BCUT2D eigenvalue weighted by Crippen LogP contribution is 2.35. The van der Waals surface area contributed by atoms with E-state index in [1.54, 1.807) is 0 Å². The largest absolute Gasteiger partial charge is 0.489 e. The van der Waals surface area contributed by atoms with E-state index in [0.29, 0.717) is 36.9 Å². The molecule has 2 aromatic carbocycles. The zero-order valence-electron chi connectivity index (χ0n) is 19.9. The summed E-state index contributed by atoms with van der Waals surface area (Å²) in [4.78, 5) is 35.9. The van der Waals surface area contributed by atoms with Crippen molar-refractivity contribution in [3.63, 3.8) is 0 Å². The number of hydrogen-bond acceptors (Lipinski definition) is 6. The Labute approximate surface area is 209 Å². The molecule has 1 unspecified atom stereocenters. The van der Waals surface area contributed by atoms with E-state index in [9.17, 15) is 14.4 Å². The lowest BCUT2D eigenvalue weighted by Gasteiger charge is -2.24. The zero-order valence-corrected chi connectivity index (χ0v) is 19.9. The fourth-order valence-corrected chi connectivity index (χ4v) is 4.37. The first-order chi connectivity index (χ1) is 17.5. The normalized spacial score (nSPS) is 17.7. The number of aromatic nitrogens is 2. The van der Waals surface area contributed by atoms with E-state index in [0.717, 1.165) is 22.5 Å². The third-order valence-corrected chi connectivity index (χ3v) is 6.68. The van der Waals surface area contributed by atoms with Crippen molar-refractivity contribution in [1.82, 2.24) is 15.5 Å². The number of para-hydroxylation sites is 1. The van der Waals surface area contributed by atoms with Crippen LogP contribution >= 0.6 is 0 Å². The minimum atomic E-state index is -0.458. The number of carbonyl (C=O) groups excluding carboxylic acids is 3. The Bertz CT molecular complexity index is 1250. The number of imide groups is 1. The number of benzene rings is 2. The molecule has 2 fully saturated rings. The Balaban J connectivity index is 1.12. The second-order valence-corrected chi connectivity index (χ2v) is 9.30. The van der Waals surface area contributed by atoms with Crippen LogP contribution in [0.5, 0.6) is 5.75 Å². The third kappa shape index (κ3) is 5.73. The quantitative estimate of drug-likeness (QED) is 0.342. The maximum absolute atomic E-state index is 12.4. The highest BCUT2D eigenvalue weighted by Gasteiger charge is 2.27. The van der Waals surface area contributed by atoms with Gasteiger partial charge in [-0.05, 0) is 43.0 Å². The van der Waals surface area contributed by atoms with Crippen LogP contribution in [0.3, 0.4) is 0 Å². The van der Waals surface area contributed by atoms with Crippen LogP contribution in [-0.4, -0.2) is 34.0 Å². The minimum absolute atomic E-state index is 0.122. The molecule has 36 heavy (non-hydrogen) atoms. The third-order valence-electron chi connectivity index (χ3n) is 6.68. The fourth-order valence-electron chi connectivity index (χ4n) is 4.37. The summed E-state index contributed by atoms with van der Waals surface area (Å²) in [6.07, 6.45) is 4.60. The average Bonchev–Trinajstić information content (AvgIpc) is 3.27. The number of H-pyrrole nitrogens is 1. The van der Waals surface area contributed by atoms with E-state index in [-0.39, 0.29) is 24.1 Å². The van der Waals surface area contributed by atoms with Gasteiger partial charge in [0.05, 0.1) is 6.42 Å². The number of hydrogen-bond donors (Lipinski definition) is 4. The summed E-state index contributed by atoms with van der Waals surface area (Å²) in [5.41, 5.74) is 3.64. The first kappa shape index (κ1) is 23.6. The van der Waals surface area contributed by atoms with E-state index in [1.807, 2.05) is 54.6 Å². The van der Waals surface area contributed by atoms with Gasteiger partial charge in [0.1, 0.15) is 18.4 Å². The first-order valence-corrected chi connectivity index (χ1v) is 12.3. The van der Waals surface area contributed by atoms with Crippen molar-refractivity contribution in [3.8, 4) is 5.75 Å². The highest BCUT2D eigenvalue weighted by molar-refractivity contribution is 6.01. The summed E-state index contributed by atoms with van der Waals surface area (Å²) in [5, 5.41) is 15.7. The lowest BCUT2D eigenvalue weighted by molar-refractivity contribution is -0.133. The van der Waals surface area contributed by atoms with Crippen LogP contribution < -0.4 is 20.7 Å². The number of nitrogens with one attached hydrogen (secondary N) is 4. The van der Waals surface area contributed by atoms with Gasteiger partial charge in [-0.25, -0.2) is 0 Å². The molecule has 9 heteroatoms. The molecular weight excluding hydrogens is 458 g/mol. The van der Waals surface area contributed by atoms with Crippen LogP contribution in [0.2, 0.25) is 0 Å². The Morgan fingerprint density at radius 2 is 1.86 bits per heavy atom. The van der Waals surface area contributed by atoms with Crippen molar-refractivity contribution in [2.24, 2.45) is 0 Å². The summed E-state index contributed by atoms with van der Waals surface area (Å²) in [5.74, 6) is 1.10. The predicted octanol–water partition coefficient (Wildman–Crippen LogP) is 3.65. The number of aromatic amines is 1. The van der Waals surface area contributed by atoms with E-state index in [2.05, 4.69) is 26.1 Å². The molecule has 3 amide bonds. The van der Waals surface area contributed by atoms with E-state index in [1.165, 1.54) is 19.3 Å². The van der Waals surface area contributed by atoms with Crippen molar-refractivity contribution in [2.75, 3.05) is 10.6 Å². The standard InChI is InChI=1S/C27H29N5O4/c33-25-13-12-22(27(35)30-25)28-21-7-2-1-4-19(21)16-36-20-10-8-17(9-11-20)14-26(34)29-24-15-23(31-32-24)18-5-3-6-18/h1-2,4,7-11,15,18,22,28H,3,5-6,12-14,16H2,(H,30,33,35)(H2,29,31,32,34). The van der Waals surface area contributed by atoms with Crippen LogP contribution in [0, 0.1) is 0 Å². The molecule has 1 aromatic heterocycles. The van der Waals surface area contributed by atoms with Crippen LogP contribution in [0.25, 0.3) is 0 Å². The molecule has 4 N–H and O–H groups in total. The molecule has 1 saturated heterocycles. The number of ether oxygens (including phenoxy) is 1. The Morgan fingerprint density at radius 3 is 2.61 bits per heavy atom. The van der Waals surface area contributed by atoms with E-state index in [4.69, 9.17) is 4.74 Å². The van der Waals surface area contributed by atoms with E-state index < -0.39 is 6.04 Å². The number of piperidine rings is 1. The molecule has 9 nitrogen and oxygen atoms in total. The summed E-state index contributed by atoms with van der Waals surface area (Å²) < 4.78 is 5.95. The summed E-state index contributed by atoms with van der Waals surface area (Å²) in [6, 6.07) is 16.5. The van der Waals surface area contributed by atoms with Crippen molar-refractivity contribution in [1.29, 1.82) is 0 Å². The van der Waals surface area contributed by atoms with Crippen molar-refractivity contribution < 1.29 is 19.1 Å². The first-order valence-electron chi connectivity index (χ1n) is 12.3. The van der Waals surface area contributed by atoms with Crippen molar-refractivity contribution in [3.05, 3.63) is 71.4 Å². The lowest BCUT2D eigenvalue weighted by atomic mass is 9.83. The summed E-state index contributed by atoms with van der Waals surface area (Å²) in [6.45, 7) is 0.304. The van der Waals surface area contributed by atoms with Gasteiger partial charge in [0.2, 0.25) is 17.7 Å². The zero-order chi connectivity index (χ0) is 24.9. The molecule has 3 aromatic rings. The molecule has 0 bridgehead atoms. The van der Waals surface area contributed by atoms with Gasteiger partial charge in [0.25, 0.3) is 0 Å². The van der Waals surface area contributed by atoms with Gasteiger partial charge in [0, 0.05) is 35.3 Å². The van der Waals surface area contributed by atoms with Crippen molar-refractivity contribution >= 4 is 29.2 Å². The summed E-state index contributed by atoms with van der Waals surface area (Å²) in [7, 11) is 0. The molecule has 1 saturated carbocycles. The van der Waals surface area contributed by atoms with Crippen LogP contribution in [-0.2, 0) is 27.4 Å². The van der Waals surface area contributed by atoms with Gasteiger partial charge in [-0.3, -0.25) is 24.8 Å². The smallest absolute Gasteiger partial charge is 0.249 e. The van der Waals surface area contributed by atoms with Gasteiger partial charge < -0.3 is 15.4 Å². The topological polar surface area (TPSA) is 125 Å². The maximum Gasteiger partial charge on any atom is 0.249 e. The molecule has 0 spiro atoms. The molecule has 1 aliphatic carbocycles. The molecule has 5 rings (SSSR count). The van der Waals surface area contributed by atoms with E-state index >= 15 is 0 Å². The number of anilines is 2. The van der Waals surface area contributed by atoms with Gasteiger partial charge in [-0.2, -0.15) is 5.10 Å². The fraction of sp³-hybridized carbons (Fsp3) is 0.333. The number of carbonyl (C=O) groups is 3. The Hall–Kier alpha value is -4.14. The van der Waals surface area contributed by atoms with Crippen LogP contribution in [0.1, 0.15) is 54.8 Å². The monoisotopic (exact) mass is 487 g/mol. The predicted molar refractivity (Wildman–Crippen MR) is 135 cm³/mol. The van der Waals surface area contributed by atoms with Crippen LogP contribution in [0.4, 0.5) is 11.5 Å². The van der Waals surface area contributed by atoms with Crippen molar-refractivity contribution in [2.45, 2.75) is 57.1 Å². The Kier molecular flexibility index (Phi) is 6.97. The molecule has 2 aliphatic rings. The molecule has 0 radical (unpaired) electrons. The lowest BCUT2D eigenvalue weighted by Crippen LogP contribution is -2.47. The van der Waals surface area contributed by atoms with Gasteiger partial charge >= 0.3 is 0 Å². The number of rotatable bonds is 9. The Morgan fingerprint density at radius 1 is 1.06 bits per heavy atom. The molecule has 186 valence electrons. The molecule has 2 heterocycles. The van der Waals surface area contributed by atoms with Gasteiger partial charge in [0.15, 0.2) is 5.82 Å². The molecule has 1 atom stereocenters. The van der Waals surface area contributed by atoms with Crippen LogP contribution in [0.15, 0.2) is 54.6 Å². The number of amides is 3. The molecule has 1 aliphatic heterocycles. The number of nitrogens with zero attached hydrogens (tertiary/aromatic N) is 1. The maximum atomic E-state index is 12.4. The second kappa shape index (κ2) is 10.6. The minimum Gasteiger partial charge on any atom is -0.489 e. The average molecular weight is 488 g/mol. The molecular formula is C27H29N5O4. The second-order valence-electron chi connectivity index (χ2n) is 9.30. The van der Waals surface area contributed by atoms with Gasteiger partial charge in [-0.15, -0.1) is 0 Å². The SMILES string of the molecule is O=C1CCC(Nc2ccccc2COc2ccc(CC(=O)Nc3cc(C4CCC4)[nH]n3)cc2)C(=O)N1. The van der Waals surface area contributed by atoms with Gasteiger partial charge in [-0.1, -0.05) is 36.8 Å².